The van der Waals surface area contributed by atoms with Crippen LogP contribution in [0.2, 0.25) is 0 Å². The molecule has 1 aliphatic heterocycles. The van der Waals surface area contributed by atoms with E-state index in [1.54, 1.807) is 17.0 Å². The lowest BCUT2D eigenvalue weighted by atomic mass is 9.89. The minimum atomic E-state index is -3.61. The van der Waals surface area contributed by atoms with Gasteiger partial charge >= 0.3 is 5.92 Å². The Hall–Kier alpha value is -2.84. The molecule has 33 heavy (non-hydrogen) atoms. The molecule has 0 aromatic heterocycles. The van der Waals surface area contributed by atoms with Crippen LogP contribution in [0.5, 0.6) is 0 Å². The minimum Gasteiger partial charge on any atom is -0.351 e. The molecule has 1 heterocycles. The quantitative estimate of drug-likeness (QED) is 0.464. The zero-order valence-corrected chi connectivity index (χ0v) is 19.1. The van der Waals surface area contributed by atoms with Crippen molar-refractivity contribution in [1.82, 2.24) is 15.5 Å². The van der Waals surface area contributed by atoms with Gasteiger partial charge in [0.05, 0.1) is 6.04 Å². The number of nitrogens with zero attached hydrogens (tertiary/aromatic N) is 1. The van der Waals surface area contributed by atoms with E-state index in [0.29, 0.717) is 19.0 Å². The van der Waals surface area contributed by atoms with Crippen LogP contribution in [0.15, 0.2) is 18.2 Å². The van der Waals surface area contributed by atoms with Crippen molar-refractivity contribution in [3.63, 3.8) is 0 Å². The van der Waals surface area contributed by atoms with Gasteiger partial charge in [0.25, 0.3) is 11.8 Å². The molecule has 9 heteroatoms. The minimum absolute atomic E-state index is 0.0193. The highest BCUT2D eigenvalue weighted by Gasteiger charge is 2.51. The fourth-order valence-corrected chi connectivity index (χ4v) is 4.89. The number of alkyl halides is 2. The van der Waals surface area contributed by atoms with E-state index in [1.165, 1.54) is 6.07 Å². The molecule has 0 bridgehead atoms. The molecule has 1 aromatic carbocycles. The van der Waals surface area contributed by atoms with Gasteiger partial charge in [0.1, 0.15) is 5.84 Å². The topological polar surface area (TPSA) is 102 Å². The summed E-state index contributed by atoms with van der Waals surface area (Å²) in [5.41, 5.74) is 1.40. The summed E-state index contributed by atoms with van der Waals surface area (Å²) in [5.74, 6) is -5.78. The van der Waals surface area contributed by atoms with Gasteiger partial charge in [0, 0.05) is 36.6 Å². The predicted molar refractivity (Wildman–Crippen MR) is 118 cm³/mol. The Labute approximate surface area is 191 Å². The number of fused-ring (bicyclic) bond motifs is 1. The number of nitrogens with one attached hydrogen (secondary N) is 3. The van der Waals surface area contributed by atoms with Crippen LogP contribution in [-0.2, 0) is 16.1 Å². The Morgan fingerprint density at radius 1 is 1.21 bits per heavy atom. The summed E-state index contributed by atoms with van der Waals surface area (Å²) in [6.45, 7) is 5.02. The smallest absolute Gasteiger partial charge is 0.322 e. The van der Waals surface area contributed by atoms with Gasteiger partial charge in [-0.25, -0.2) is 0 Å². The monoisotopic (exact) mass is 460 g/mol. The third-order valence-electron chi connectivity index (χ3n) is 7.16. The van der Waals surface area contributed by atoms with E-state index in [2.05, 4.69) is 19.2 Å². The third kappa shape index (κ3) is 4.63. The van der Waals surface area contributed by atoms with Gasteiger partial charge in [-0.1, -0.05) is 38.8 Å². The van der Waals surface area contributed by atoms with Crippen molar-refractivity contribution in [3.05, 3.63) is 34.9 Å². The number of halogens is 2. The van der Waals surface area contributed by atoms with Crippen LogP contribution in [0, 0.1) is 16.7 Å². The van der Waals surface area contributed by atoms with Gasteiger partial charge < -0.3 is 15.5 Å². The second kappa shape index (κ2) is 8.18. The SMILES string of the molecule is CC(F)(F)C(=O)NC(=N)c1ccc2c(c1)C(=O)N(C1CCCC[C@H]1NC(=O)C1CC1(C)C)C2. The molecule has 2 aliphatic carbocycles. The molecular formula is C24H30F2N4O3. The predicted octanol–water partition coefficient (Wildman–Crippen LogP) is 3.21. The fraction of sp³-hybridized carbons (Fsp3) is 0.583. The first-order chi connectivity index (χ1) is 15.4. The Morgan fingerprint density at radius 3 is 2.52 bits per heavy atom. The standard InChI is InChI=1S/C24H30F2N4O3/c1-23(2)11-16(23)20(31)28-17-6-4-5-7-18(17)30-12-14-9-8-13(10-15(14)21(30)32)19(27)29-22(33)24(3,25)26/h8-10,16-18H,4-7,11-12H2,1-3H3,(H,28,31)(H2,27,29,33)/t16?,17-,18?/m1/s1. The Kier molecular flexibility index (Phi) is 5.78. The summed E-state index contributed by atoms with van der Waals surface area (Å²) < 4.78 is 26.3. The number of amides is 3. The van der Waals surface area contributed by atoms with E-state index in [4.69, 9.17) is 5.41 Å². The second-order valence-corrected chi connectivity index (χ2v) is 10.2. The number of carbonyl (C=O) groups is 3. The molecule has 178 valence electrons. The maximum absolute atomic E-state index is 13.3. The van der Waals surface area contributed by atoms with Crippen molar-refractivity contribution >= 4 is 23.6 Å². The average molecular weight is 461 g/mol. The van der Waals surface area contributed by atoms with Crippen molar-refractivity contribution in [2.24, 2.45) is 11.3 Å². The summed E-state index contributed by atoms with van der Waals surface area (Å²) in [7, 11) is 0. The van der Waals surface area contributed by atoms with Crippen molar-refractivity contribution in [1.29, 1.82) is 5.41 Å². The lowest BCUT2D eigenvalue weighted by Crippen LogP contribution is -2.53. The van der Waals surface area contributed by atoms with Gasteiger partial charge in [-0.2, -0.15) is 8.78 Å². The Balaban J connectivity index is 1.47. The average Bonchev–Trinajstić information content (AvgIpc) is 3.27. The first-order valence-corrected chi connectivity index (χ1v) is 11.4. The molecule has 3 aliphatic rings. The van der Waals surface area contributed by atoms with E-state index in [0.717, 1.165) is 37.7 Å². The van der Waals surface area contributed by atoms with E-state index >= 15 is 0 Å². The van der Waals surface area contributed by atoms with Crippen LogP contribution >= 0.6 is 0 Å². The molecule has 0 radical (unpaired) electrons. The normalized spacial score (nSPS) is 25.9. The molecule has 3 atom stereocenters. The van der Waals surface area contributed by atoms with Gasteiger partial charge in [-0.15, -0.1) is 0 Å². The first kappa shape index (κ1) is 23.3. The van der Waals surface area contributed by atoms with Crippen molar-refractivity contribution in [3.8, 4) is 0 Å². The molecule has 7 nitrogen and oxygen atoms in total. The van der Waals surface area contributed by atoms with Crippen LogP contribution in [0.4, 0.5) is 8.78 Å². The maximum atomic E-state index is 13.3. The second-order valence-electron chi connectivity index (χ2n) is 10.2. The van der Waals surface area contributed by atoms with E-state index < -0.39 is 17.7 Å². The van der Waals surface area contributed by atoms with Crippen LogP contribution in [0.1, 0.15) is 74.4 Å². The Morgan fingerprint density at radius 2 is 1.88 bits per heavy atom. The molecule has 2 unspecified atom stereocenters. The van der Waals surface area contributed by atoms with E-state index in [1.807, 2.05) is 5.32 Å². The highest BCUT2D eigenvalue weighted by atomic mass is 19.3. The summed E-state index contributed by atoms with van der Waals surface area (Å²) in [4.78, 5) is 39.3. The molecule has 2 saturated carbocycles. The van der Waals surface area contributed by atoms with Gasteiger partial charge in [-0.05, 0) is 36.3 Å². The first-order valence-electron chi connectivity index (χ1n) is 11.4. The largest absolute Gasteiger partial charge is 0.351 e. The zero-order valence-electron chi connectivity index (χ0n) is 19.1. The lowest BCUT2D eigenvalue weighted by Gasteiger charge is -2.38. The molecule has 1 aromatic rings. The summed E-state index contributed by atoms with van der Waals surface area (Å²) in [5, 5.41) is 13.0. The summed E-state index contributed by atoms with van der Waals surface area (Å²) >= 11 is 0. The van der Waals surface area contributed by atoms with Crippen LogP contribution in [-0.4, -0.2) is 46.5 Å². The fourth-order valence-electron chi connectivity index (χ4n) is 4.89. The molecule has 0 saturated heterocycles. The zero-order chi connectivity index (χ0) is 24.1. The number of benzene rings is 1. The molecule has 3 N–H and O–H groups in total. The Bertz CT molecular complexity index is 1020. The summed E-state index contributed by atoms with van der Waals surface area (Å²) in [6, 6.07) is 4.48. The molecule has 2 fully saturated rings. The van der Waals surface area contributed by atoms with Gasteiger partial charge in [0.15, 0.2) is 0 Å². The van der Waals surface area contributed by atoms with E-state index in [9.17, 15) is 23.2 Å². The molecule has 0 spiro atoms. The number of carbonyl (C=O) groups excluding carboxylic acids is 3. The number of hydrogen-bond acceptors (Lipinski definition) is 4. The van der Waals surface area contributed by atoms with Crippen molar-refractivity contribution in [2.75, 3.05) is 0 Å². The van der Waals surface area contributed by atoms with Gasteiger partial charge in [-0.3, -0.25) is 19.8 Å². The van der Waals surface area contributed by atoms with Gasteiger partial charge in [0.2, 0.25) is 5.91 Å². The highest BCUT2D eigenvalue weighted by Crippen LogP contribution is 2.51. The number of rotatable bonds is 5. The highest BCUT2D eigenvalue weighted by molar-refractivity contribution is 6.09. The lowest BCUT2D eigenvalue weighted by molar-refractivity contribution is -0.141. The number of amidine groups is 1. The van der Waals surface area contributed by atoms with Crippen LogP contribution in [0.3, 0.4) is 0 Å². The van der Waals surface area contributed by atoms with Crippen molar-refractivity contribution in [2.45, 2.75) is 77.4 Å². The van der Waals surface area contributed by atoms with E-state index in [-0.39, 0.29) is 40.8 Å². The number of hydrogen-bond donors (Lipinski definition) is 3. The molecule has 4 rings (SSSR count). The summed E-state index contributed by atoms with van der Waals surface area (Å²) in [6.07, 6.45) is 4.45. The maximum Gasteiger partial charge on any atom is 0.322 e. The van der Waals surface area contributed by atoms with Crippen LogP contribution < -0.4 is 10.6 Å². The van der Waals surface area contributed by atoms with Crippen LogP contribution in [0.25, 0.3) is 0 Å². The molecular weight excluding hydrogens is 430 g/mol. The third-order valence-corrected chi connectivity index (χ3v) is 7.16. The van der Waals surface area contributed by atoms with Crippen molar-refractivity contribution < 1.29 is 23.2 Å². The molecule has 3 amide bonds.